The number of anilines is 2. The van der Waals surface area contributed by atoms with Crippen LogP contribution in [-0.2, 0) is 11.2 Å². The summed E-state index contributed by atoms with van der Waals surface area (Å²) >= 11 is 0. The van der Waals surface area contributed by atoms with Gasteiger partial charge in [0.1, 0.15) is 17.5 Å². The number of hydrogen-bond acceptors (Lipinski definition) is 5. The maximum atomic E-state index is 5.87. The Balaban J connectivity index is 2.38. The van der Waals surface area contributed by atoms with Gasteiger partial charge in [-0.15, -0.1) is 0 Å². The topological polar surface area (TPSA) is 73.1 Å². The highest BCUT2D eigenvalue weighted by Gasteiger charge is 2.07. The molecule has 5 heteroatoms. The van der Waals surface area contributed by atoms with Crippen molar-refractivity contribution in [3.05, 3.63) is 11.4 Å². The first-order chi connectivity index (χ1) is 9.04. The molecule has 1 heterocycles. The third-order valence-electron chi connectivity index (χ3n) is 2.76. The van der Waals surface area contributed by atoms with E-state index in [0.717, 1.165) is 49.8 Å². The Morgan fingerprint density at radius 3 is 2.68 bits per heavy atom. The van der Waals surface area contributed by atoms with Crippen molar-refractivity contribution >= 4 is 11.6 Å². The zero-order chi connectivity index (χ0) is 14.3. The van der Waals surface area contributed by atoms with Crippen LogP contribution >= 0.6 is 0 Å². The molecule has 0 spiro atoms. The largest absolute Gasteiger partial charge is 0.383 e. The normalized spacial score (nSPS) is 11.0. The lowest BCUT2D eigenvalue weighted by Gasteiger charge is -2.12. The molecule has 19 heavy (non-hydrogen) atoms. The van der Waals surface area contributed by atoms with Crippen LogP contribution in [0.3, 0.4) is 0 Å². The molecule has 5 nitrogen and oxygen atoms in total. The molecule has 0 bridgehead atoms. The Morgan fingerprint density at radius 1 is 1.32 bits per heavy atom. The van der Waals surface area contributed by atoms with Gasteiger partial charge in [0.25, 0.3) is 0 Å². The summed E-state index contributed by atoms with van der Waals surface area (Å²) in [5.74, 6) is 2.77. The second-order valence-electron chi connectivity index (χ2n) is 5.10. The van der Waals surface area contributed by atoms with Gasteiger partial charge in [-0.05, 0) is 19.3 Å². The Morgan fingerprint density at radius 2 is 2.05 bits per heavy atom. The SMILES string of the molecule is CCc1nc(N)c(C)c(NCCCOCC(C)C)n1. The fourth-order valence-electron chi connectivity index (χ4n) is 1.61. The molecular formula is C14H26N4O. The van der Waals surface area contributed by atoms with E-state index < -0.39 is 0 Å². The van der Waals surface area contributed by atoms with E-state index in [4.69, 9.17) is 10.5 Å². The summed E-state index contributed by atoms with van der Waals surface area (Å²) in [4.78, 5) is 8.69. The molecule has 1 aromatic heterocycles. The van der Waals surface area contributed by atoms with Crippen molar-refractivity contribution in [2.24, 2.45) is 5.92 Å². The molecule has 0 aliphatic carbocycles. The van der Waals surface area contributed by atoms with Crippen molar-refractivity contribution in [2.45, 2.75) is 40.5 Å². The monoisotopic (exact) mass is 266 g/mol. The van der Waals surface area contributed by atoms with Crippen molar-refractivity contribution in [2.75, 3.05) is 30.8 Å². The predicted octanol–water partition coefficient (Wildman–Crippen LogP) is 2.40. The van der Waals surface area contributed by atoms with E-state index in [1.165, 1.54) is 0 Å². The van der Waals surface area contributed by atoms with Gasteiger partial charge in [0.15, 0.2) is 0 Å². The quantitative estimate of drug-likeness (QED) is 0.707. The highest BCUT2D eigenvalue weighted by molar-refractivity contribution is 5.54. The minimum Gasteiger partial charge on any atom is -0.383 e. The summed E-state index contributed by atoms with van der Waals surface area (Å²) in [5.41, 5.74) is 6.78. The lowest BCUT2D eigenvalue weighted by Crippen LogP contribution is -2.12. The van der Waals surface area contributed by atoms with E-state index in [2.05, 4.69) is 29.1 Å². The van der Waals surface area contributed by atoms with Crippen molar-refractivity contribution in [1.29, 1.82) is 0 Å². The molecular weight excluding hydrogens is 240 g/mol. The third kappa shape index (κ3) is 5.42. The van der Waals surface area contributed by atoms with Crippen LogP contribution < -0.4 is 11.1 Å². The molecule has 108 valence electrons. The molecule has 0 atom stereocenters. The van der Waals surface area contributed by atoms with Crippen molar-refractivity contribution in [3.8, 4) is 0 Å². The number of nitrogens with two attached hydrogens (primary N) is 1. The van der Waals surface area contributed by atoms with Gasteiger partial charge < -0.3 is 15.8 Å². The summed E-state index contributed by atoms with van der Waals surface area (Å²) in [6.07, 6.45) is 1.74. The molecule has 0 aliphatic heterocycles. The highest BCUT2D eigenvalue weighted by atomic mass is 16.5. The van der Waals surface area contributed by atoms with E-state index in [-0.39, 0.29) is 0 Å². The molecule has 0 unspecified atom stereocenters. The van der Waals surface area contributed by atoms with E-state index in [0.29, 0.717) is 11.7 Å². The van der Waals surface area contributed by atoms with E-state index >= 15 is 0 Å². The van der Waals surface area contributed by atoms with Gasteiger partial charge in [0, 0.05) is 31.7 Å². The fraction of sp³-hybridized carbons (Fsp3) is 0.714. The van der Waals surface area contributed by atoms with Crippen LogP contribution in [0.25, 0.3) is 0 Å². The number of hydrogen-bond donors (Lipinski definition) is 2. The van der Waals surface area contributed by atoms with Gasteiger partial charge in [0.05, 0.1) is 0 Å². The number of ether oxygens (including phenoxy) is 1. The van der Waals surface area contributed by atoms with E-state index in [1.54, 1.807) is 0 Å². The van der Waals surface area contributed by atoms with Crippen molar-refractivity contribution in [3.63, 3.8) is 0 Å². The first-order valence-corrected chi connectivity index (χ1v) is 6.99. The smallest absolute Gasteiger partial charge is 0.134 e. The molecule has 0 amide bonds. The number of nitrogens with one attached hydrogen (secondary N) is 1. The van der Waals surface area contributed by atoms with Crippen LogP contribution in [0.4, 0.5) is 11.6 Å². The van der Waals surface area contributed by atoms with E-state index in [1.807, 2.05) is 13.8 Å². The zero-order valence-corrected chi connectivity index (χ0v) is 12.5. The van der Waals surface area contributed by atoms with Crippen molar-refractivity contribution in [1.82, 2.24) is 9.97 Å². The molecule has 0 fully saturated rings. The lowest BCUT2D eigenvalue weighted by atomic mass is 10.2. The van der Waals surface area contributed by atoms with Crippen LogP contribution in [0, 0.1) is 12.8 Å². The predicted molar refractivity (Wildman–Crippen MR) is 79.3 cm³/mol. The summed E-state index contributed by atoms with van der Waals surface area (Å²) in [5, 5.41) is 3.31. The van der Waals surface area contributed by atoms with Crippen LogP contribution in [0.1, 0.15) is 38.6 Å². The second kappa shape index (κ2) is 7.94. The number of rotatable bonds is 8. The second-order valence-corrected chi connectivity index (χ2v) is 5.10. The van der Waals surface area contributed by atoms with Gasteiger partial charge in [-0.3, -0.25) is 0 Å². The van der Waals surface area contributed by atoms with Gasteiger partial charge >= 0.3 is 0 Å². The fourth-order valence-corrected chi connectivity index (χ4v) is 1.61. The minimum atomic E-state index is 0.561. The van der Waals surface area contributed by atoms with Crippen LogP contribution in [0.5, 0.6) is 0 Å². The number of aryl methyl sites for hydroxylation is 1. The van der Waals surface area contributed by atoms with Crippen LogP contribution in [0.2, 0.25) is 0 Å². The summed E-state index contributed by atoms with van der Waals surface area (Å²) < 4.78 is 5.53. The molecule has 3 N–H and O–H groups in total. The third-order valence-corrected chi connectivity index (χ3v) is 2.76. The molecule has 1 aromatic rings. The minimum absolute atomic E-state index is 0.561. The molecule has 1 rings (SSSR count). The number of nitrogen functional groups attached to an aromatic ring is 1. The Hall–Kier alpha value is -1.36. The molecule has 0 saturated heterocycles. The molecule has 0 radical (unpaired) electrons. The zero-order valence-electron chi connectivity index (χ0n) is 12.5. The van der Waals surface area contributed by atoms with Gasteiger partial charge in [-0.2, -0.15) is 0 Å². The molecule has 0 aliphatic rings. The maximum Gasteiger partial charge on any atom is 0.134 e. The van der Waals surface area contributed by atoms with Crippen molar-refractivity contribution < 1.29 is 4.74 Å². The summed E-state index contributed by atoms with van der Waals surface area (Å²) in [6.45, 7) is 10.7. The maximum absolute atomic E-state index is 5.87. The Kier molecular flexibility index (Phi) is 6.56. The Labute approximate surface area is 116 Å². The number of aromatic nitrogens is 2. The first-order valence-electron chi connectivity index (χ1n) is 6.99. The lowest BCUT2D eigenvalue weighted by molar-refractivity contribution is 0.110. The van der Waals surface area contributed by atoms with Gasteiger partial charge in [-0.25, -0.2) is 9.97 Å². The van der Waals surface area contributed by atoms with Gasteiger partial charge in [-0.1, -0.05) is 20.8 Å². The average Bonchev–Trinajstić information content (AvgIpc) is 2.37. The first kappa shape index (κ1) is 15.7. The van der Waals surface area contributed by atoms with Gasteiger partial charge in [0.2, 0.25) is 0 Å². The standard InChI is InChI=1S/C14H26N4O/c1-5-12-17-13(15)11(4)14(18-12)16-7-6-8-19-9-10(2)3/h10H,5-9H2,1-4H3,(H3,15,16,17,18). The number of nitrogens with zero attached hydrogens (tertiary/aromatic N) is 2. The van der Waals surface area contributed by atoms with Crippen LogP contribution in [-0.4, -0.2) is 29.7 Å². The Bertz CT molecular complexity index is 393. The summed E-state index contributed by atoms with van der Waals surface area (Å²) in [7, 11) is 0. The summed E-state index contributed by atoms with van der Waals surface area (Å²) in [6, 6.07) is 0. The average molecular weight is 266 g/mol. The molecule has 0 aromatic carbocycles. The van der Waals surface area contributed by atoms with Crippen LogP contribution in [0.15, 0.2) is 0 Å². The van der Waals surface area contributed by atoms with E-state index in [9.17, 15) is 0 Å². The molecule has 0 saturated carbocycles. The highest BCUT2D eigenvalue weighted by Crippen LogP contribution is 2.17.